The van der Waals surface area contributed by atoms with Crippen LogP contribution in [0.4, 0.5) is 0 Å². The molecule has 0 aromatic rings. The Morgan fingerprint density at radius 3 is 2.94 bits per heavy atom. The Balaban J connectivity index is 1.70. The molecule has 0 aromatic carbocycles. The van der Waals surface area contributed by atoms with E-state index >= 15 is 0 Å². The van der Waals surface area contributed by atoms with Crippen molar-refractivity contribution in [1.29, 1.82) is 0 Å². The van der Waals surface area contributed by atoms with Gasteiger partial charge in [-0.05, 0) is 38.3 Å². The number of nitrogens with zero attached hydrogens (tertiary/aromatic N) is 2. The molecule has 4 nitrogen and oxygen atoms in total. The SMILES string of the molecule is CC1CCCN(CCC(=O)N2CCCNCC2)C1. The molecule has 1 amide bonds. The third-order valence-corrected chi connectivity index (χ3v) is 4.08. The first-order chi connectivity index (χ1) is 8.75. The minimum atomic E-state index is 0.344. The molecule has 104 valence electrons. The van der Waals surface area contributed by atoms with Crippen LogP contribution in [-0.2, 0) is 4.79 Å². The fraction of sp³-hybridized carbons (Fsp3) is 0.929. The Morgan fingerprint density at radius 2 is 2.11 bits per heavy atom. The summed E-state index contributed by atoms with van der Waals surface area (Å²) in [4.78, 5) is 16.6. The highest BCUT2D eigenvalue weighted by Crippen LogP contribution is 2.15. The summed E-state index contributed by atoms with van der Waals surface area (Å²) in [6.45, 7) is 9.44. The van der Waals surface area contributed by atoms with Crippen LogP contribution in [0.15, 0.2) is 0 Å². The molecule has 2 rings (SSSR count). The van der Waals surface area contributed by atoms with E-state index in [2.05, 4.69) is 17.1 Å². The molecule has 0 aromatic heterocycles. The van der Waals surface area contributed by atoms with Gasteiger partial charge in [0.1, 0.15) is 0 Å². The van der Waals surface area contributed by atoms with Gasteiger partial charge in [-0.2, -0.15) is 0 Å². The number of hydrogen-bond acceptors (Lipinski definition) is 3. The molecule has 1 N–H and O–H groups in total. The molecule has 2 heterocycles. The Bertz CT molecular complexity index is 262. The molecule has 1 unspecified atom stereocenters. The van der Waals surface area contributed by atoms with Gasteiger partial charge in [0.05, 0.1) is 0 Å². The van der Waals surface area contributed by atoms with E-state index in [9.17, 15) is 4.79 Å². The van der Waals surface area contributed by atoms with Crippen LogP contribution >= 0.6 is 0 Å². The lowest BCUT2D eigenvalue weighted by Gasteiger charge is -2.31. The first kappa shape index (κ1) is 13.8. The standard InChI is InChI=1S/C14H27N3O/c1-13-4-2-8-16(12-13)10-5-14(18)17-9-3-6-15-7-11-17/h13,15H,2-12H2,1H3. The van der Waals surface area contributed by atoms with Crippen LogP contribution in [0.3, 0.4) is 0 Å². The minimum Gasteiger partial charge on any atom is -0.341 e. The average Bonchev–Trinajstić information content (AvgIpc) is 2.65. The van der Waals surface area contributed by atoms with Gasteiger partial charge in [-0.3, -0.25) is 4.79 Å². The Labute approximate surface area is 111 Å². The van der Waals surface area contributed by atoms with Crippen molar-refractivity contribution in [2.75, 3.05) is 45.8 Å². The van der Waals surface area contributed by atoms with Crippen LogP contribution in [0.1, 0.15) is 32.6 Å². The predicted molar refractivity (Wildman–Crippen MR) is 73.5 cm³/mol. The van der Waals surface area contributed by atoms with Crippen LogP contribution in [-0.4, -0.2) is 61.5 Å². The fourth-order valence-corrected chi connectivity index (χ4v) is 3.00. The summed E-state index contributed by atoms with van der Waals surface area (Å²) in [6, 6.07) is 0. The molecule has 0 radical (unpaired) electrons. The van der Waals surface area contributed by atoms with E-state index < -0.39 is 0 Å². The second kappa shape index (κ2) is 7.10. The quantitative estimate of drug-likeness (QED) is 0.813. The van der Waals surface area contributed by atoms with E-state index in [1.807, 2.05) is 4.90 Å². The average molecular weight is 253 g/mol. The molecule has 2 saturated heterocycles. The maximum atomic E-state index is 12.1. The van der Waals surface area contributed by atoms with Crippen molar-refractivity contribution in [3.8, 4) is 0 Å². The topological polar surface area (TPSA) is 35.6 Å². The minimum absolute atomic E-state index is 0.344. The molecule has 0 saturated carbocycles. The Kier molecular flexibility index (Phi) is 5.45. The lowest BCUT2D eigenvalue weighted by atomic mass is 10.0. The van der Waals surface area contributed by atoms with Crippen LogP contribution in [0.2, 0.25) is 0 Å². The molecule has 0 spiro atoms. The zero-order chi connectivity index (χ0) is 12.8. The van der Waals surface area contributed by atoms with E-state index in [0.29, 0.717) is 12.3 Å². The molecule has 18 heavy (non-hydrogen) atoms. The summed E-state index contributed by atoms with van der Waals surface area (Å²) in [5.74, 6) is 1.15. The zero-order valence-electron chi connectivity index (χ0n) is 11.7. The van der Waals surface area contributed by atoms with Crippen molar-refractivity contribution >= 4 is 5.91 Å². The van der Waals surface area contributed by atoms with E-state index in [0.717, 1.165) is 45.1 Å². The highest BCUT2D eigenvalue weighted by atomic mass is 16.2. The first-order valence-corrected chi connectivity index (χ1v) is 7.46. The van der Waals surface area contributed by atoms with Gasteiger partial charge in [0.25, 0.3) is 0 Å². The van der Waals surface area contributed by atoms with E-state index in [1.54, 1.807) is 0 Å². The number of hydrogen-bond donors (Lipinski definition) is 1. The van der Waals surface area contributed by atoms with Crippen molar-refractivity contribution in [3.63, 3.8) is 0 Å². The Hall–Kier alpha value is -0.610. The second-order valence-electron chi connectivity index (χ2n) is 5.78. The summed E-state index contributed by atoms with van der Waals surface area (Å²) < 4.78 is 0. The van der Waals surface area contributed by atoms with Gasteiger partial charge < -0.3 is 15.1 Å². The molecule has 0 bridgehead atoms. The third kappa shape index (κ3) is 4.25. The number of carbonyl (C=O) groups excluding carboxylic acids is 1. The summed E-state index contributed by atoms with van der Waals surface area (Å²) >= 11 is 0. The molecule has 2 aliphatic rings. The van der Waals surface area contributed by atoms with Crippen LogP contribution in [0.25, 0.3) is 0 Å². The lowest BCUT2D eigenvalue weighted by Crippen LogP contribution is -2.39. The van der Waals surface area contributed by atoms with E-state index in [1.165, 1.54) is 25.9 Å². The van der Waals surface area contributed by atoms with Gasteiger partial charge in [0.2, 0.25) is 5.91 Å². The van der Waals surface area contributed by atoms with Crippen LogP contribution in [0.5, 0.6) is 0 Å². The second-order valence-corrected chi connectivity index (χ2v) is 5.78. The molecule has 0 aliphatic carbocycles. The van der Waals surface area contributed by atoms with Crippen molar-refractivity contribution in [2.24, 2.45) is 5.92 Å². The van der Waals surface area contributed by atoms with Gasteiger partial charge in [-0.25, -0.2) is 0 Å². The highest BCUT2D eigenvalue weighted by Gasteiger charge is 2.19. The third-order valence-electron chi connectivity index (χ3n) is 4.08. The van der Waals surface area contributed by atoms with Crippen molar-refractivity contribution in [3.05, 3.63) is 0 Å². The highest BCUT2D eigenvalue weighted by molar-refractivity contribution is 5.76. The zero-order valence-corrected chi connectivity index (χ0v) is 11.7. The number of rotatable bonds is 3. The van der Waals surface area contributed by atoms with Crippen molar-refractivity contribution in [1.82, 2.24) is 15.1 Å². The normalized spacial score (nSPS) is 26.9. The number of nitrogens with one attached hydrogen (secondary N) is 1. The lowest BCUT2D eigenvalue weighted by molar-refractivity contribution is -0.131. The van der Waals surface area contributed by atoms with Gasteiger partial charge in [0.15, 0.2) is 0 Å². The number of likely N-dealkylation sites (tertiary alicyclic amines) is 1. The maximum absolute atomic E-state index is 12.1. The van der Waals surface area contributed by atoms with Crippen LogP contribution in [0, 0.1) is 5.92 Å². The van der Waals surface area contributed by atoms with Gasteiger partial charge in [-0.1, -0.05) is 6.92 Å². The number of carbonyl (C=O) groups is 1. The maximum Gasteiger partial charge on any atom is 0.223 e. The molecule has 1 atom stereocenters. The summed E-state index contributed by atoms with van der Waals surface area (Å²) in [7, 11) is 0. The smallest absolute Gasteiger partial charge is 0.223 e. The molecule has 2 fully saturated rings. The van der Waals surface area contributed by atoms with Gasteiger partial charge in [0, 0.05) is 39.1 Å². The summed E-state index contributed by atoms with van der Waals surface area (Å²) in [5.41, 5.74) is 0. The number of piperidine rings is 1. The molecular formula is C14H27N3O. The Morgan fingerprint density at radius 1 is 1.22 bits per heavy atom. The first-order valence-electron chi connectivity index (χ1n) is 7.46. The van der Waals surface area contributed by atoms with Gasteiger partial charge >= 0.3 is 0 Å². The van der Waals surface area contributed by atoms with Crippen LogP contribution < -0.4 is 5.32 Å². The van der Waals surface area contributed by atoms with E-state index in [-0.39, 0.29) is 0 Å². The summed E-state index contributed by atoms with van der Waals surface area (Å²) in [6.07, 6.45) is 4.43. The molecule has 4 heteroatoms. The molecular weight excluding hydrogens is 226 g/mol. The monoisotopic (exact) mass is 253 g/mol. The van der Waals surface area contributed by atoms with Crippen molar-refractivity contribution in [2.45, 2.75) is 32.6 Å². The fourth-order valence-electron chi connectivity index (χ4n) is 3.00. The largest absolute Gasteiger partial charge is 0.341 e. The molecule has 2 aliphatic heterocycles. The van der Waals surface area contributed by atoms with E-state index in [4.69, 9.17) is 0 Å². The number of amides is 1. The predicted octanol–water partition coefficient (Wildman–Crippen LogP) is 0.930. The summed E-state index contributed by atoms with van der Waals surface area (Å²) in [5, 5.41) is 3.34. The van der Waals surface area contributed by atoms with Gasteiger partial charge in [-0.15, -0.1) is 0 Å². The van der Waals surface area contributed by atoms with Crippen molar-refractivity contribution < 1.29 is 4.79 Å².